The van der Waals surface area contributed by atoms with Gasteiger partial charge in [-0.1, -0.05) is 58.0 Å². The van der Waals surface area contributed by atoms with E-state index in [1.54, 1.807) is 0 Å². The fraction of sp³-hybridized carbons (Fsp3) is 0.617. The van der Waals surface area contributed by atoms with Crippen LogP contribution in [0, 0.1) is 17.3 Å². The summed E-state index contributed by atoms with van der Waals surface area (Å²) in [7, 11) is 4.89. The molecule has 5 aliphatic heterocycles. The second-order valence-electron chi connectivity index (χ2n) is 19.2. The molecule has 2 bridgehead atoms. The van der Waals surface area contributed by atoms with Gasteiger partial charge in [-0.3, -0.25) is 14.6 Å². The number of nitrogens with one attached hydrogen (secondary N) is 1. The number of carbonyl (C=O) groups excluding carboxylic acids is 2. The van der Waals surface area contributed by atoms with E-state index in [0.717, 1.165) is 90.8 Å². The third kappa shape index (κ3) is 5.35. The summed E-state index contributed by atoms with van der Waals surface area (Å²) in [6, 6.07) is 12.7. The van der Waals surface area contributed by atoms with Gasteiger partial charge in [-0.2, -0.15) is 0 Å². The van der Waals surface area contributed by atoms with Crippen LogP contribution in [0.25, 0.3) is 10.9 Å². The van der Waals surface area contributed by atoms with Crippen molar-refractivity contribution in [3.05, 3.63) is 76.5 Å². The van der Waals surface area contributed by atoms with E-state index in [0.29, 0.717) is 31.7 Å². The molecule has 1 spiro atoms. The molecule has 1 saturated carbocycles. The Balaban J connectivity index is 1.31. The first-order valence-corrected chi connectivity index (χ1v) is 21.5. The average Bonchev–Trinajstić information content (AvgIpc) is 3.85. The number of methoxy groups -OCH3 is 2. The van der Waals surface area contributed by atoms with Crippen LogP contribution in [0.4, 0.5) is 5.69 Å². The molecule has 57 heavy (non-hydrogen) atoms. The maximum atomic E-state index is 15.2. The predicted octanol–water partition coefficient (Wildman–Crippen LogP) is 5.64. The summed E-state index contributed by atoms with van der Waals surface area (Å²) in [5.41, 5.74) is 2.26. The van der Waals surface area contributed by atoms with E-state index < -0.39 is 39.5 Å². The molecular weight excluding hydrogens is 717 g/mol. The van der Waals surface area contributed by atoms with Crippen molar-refractivity contribution in [3.8, 4) is 0 Å². The van der Waals surface area contributed by atoms with E-state index in [4.69, 9.17) is 9.47 Å². The lowest BCUT2D eigenvalue weighted by Crippen LogP contribution is -2.74. The van der Waals surface area contributed by atoms with Gasteiger partial charge in [0.05, 0.1) is 25.9 Å². The number of hydrogen-bond donors (Lipinski definition) is 3. The second-order valence-corrected chi connectivity index (χ2v) is 19.2. The Hall–Kier alpha value is -3.70. The predicted molar refractivity (Wildman–Crippen MR) is 221 cm³/mol. The number of hydrogen-bond acceptors (Lipinski definition) is 9. The third-order valence-corrected chi connectivity index (χ3v) is 15.7. The van der Waals surface area contributed by atoms with Gasteiger partial charge in [0, 0.05) is 72.4 Å². The number of rotatable bonds is 7. The minimum absolute atomic E-state index is 0.01000. The fourth-order valence-corrected chi connectivity index (χ4v) is 13.6. The molecule has 0 amide bonds. The Bertz CT molecular complexity index is 2150. The lowest BCUT2D eigenvalue weighted by atomic mass is 9.49. The van der Waals surface area contributed by atoms with Gasteiger partial charge in [-0.15, -0.1) is 0 Å². The molecular formula is C47H62N4O6. The maximum absolute atomic E-state index is 15.2. The number of esters is 2. The molecule has 0 radical (unpaired) electrons. The number of piperidine rings is 1. The van der Waals surface area contributed by atoms with Crippen LogP contribution in [0.5, 0.6) is 0 Å². The van der Waals surface area contributed by atoms with E-state index in [2.05, 4.69) is 95.9 Å². The van der Waals surface area contributed by atoms with Gasteiger partial charge in [0.2, 0.25) is 0 Å². The van der Waals surface area contributed by atoms with Crippen molar-refractivity contribution in [3.63, 3.8) is 0 Å². The number of benzene rings is 2. The van der Waals surface area contributed by atoms with Crippen molar-refractivity contribution in [2.45, 2.75) is 113 Å². The lowest BCUT2D eigenvalue weighted by molar-refractivity contribution is -0.181. The van der Waals surface area contributed by atoms with E-state index in [1.807, 2.05) is 7.05 Å². The number of ether oxygens (including phenoxy) is 2. The van der Waals surface area contributed by atoms with E-state index in [1.165, 1.54) is 19.8 Å². The number of aliphatic hydroxyl groups is 2. The molecule has 9 atom stereocenters. The van der Waals surface area contributed by atoms with E-state index in [9.17, 15) is 15.0 Å². The SMILES string of the molecule is CC[C@]1(O)C[C@@H]2CN(CCc3c([nH]c4ccc(CC(C)C)cc34)[C@@](C(=O)OC)(c3ccc4c(c3)[C@@]35CCN6CC=C[C@@](CC)(C[C@](O)(C(=O)OC)C3N4C)[C@H]65)C2)C1. The summed E-state index contributed by atoms with van der Waals surface area (Å²) in [5.74, 6) is -0.402. The molecule has 2 aromatic carbocycles. The molecule has 6 heterocycles. The molecule has 10 heteroatoms. The molecule has 306 valence electrons. The minimum atomic E-state index is -1.76. The smallest absolute Gasteiger partial charge is 0.340 e. The Morgan fingerprint density at radius 3 is 2.49 bits per heavy atom. The Morgan fingerprint density at radius 2 is 1.77 bits per heavy atom. The zero-order chi connectivity index (χ0) is 40.3. The molecule has 2 saturated heterocycles. The second kappa shape index (κ2) is 13.4. The van der Waals surface area contributed by atoms with Gasteiger partial charge >= 0.3 is 11.9 Å². The average molecular weight is 779 g/mol. The fourth-order valence-electron chi connectivity index (χ4n) is 13.6. The highest BCUT2D eigenvalue weighted by Crippen LogP contribution is 2.67. The van der Waals surface area contributed by atoms with E-state index >= 15 is 4.79 Å². The topological polar surface area (TPSA) is 119 Å². The number of fused-ring (bicyclic) bond motifs is 6. The maximum Gasteiger partial charge on any atom is 0.340 e. The summed E-state index contributed by atoms with van der Waals surface area (Å²) in [6.07, 6.45) is 9.67. The Kier molecular flexibility index (Phi) is 9.13. The lowest BCUT2D eigenvalue weighted by Gasteiger charge is -2.60. The normalized spacial score (nSPS) is 36.8. The van der Waals surface area contributed by atoms with Crippen molar-refractivity contribution in [2.75, 3.05) is 58.9 Å². The minimum Gasteiger partial charge on any atom is -0.468 e. The van der Waals surface area contributed by atoms with Crippen molar-refractivity contribution in [1.82, 2.24) is 14.8 Å². The van der Waals surface area contributed by atoms with Crippen LogP contribution in [0.1, 0.15) is 94.2 Å². The summed E-state index contributed by atoms with van der Waals surface area (Å²) < 4.78 is 11.4. The van der Waals surface area contributed by atoms with Crippen molar-refractivity contribution >= 4 is 28.5 Å². The van der Waals surface area contributed by atoms with Crippen molar-refractivity contribution in [2.24, 2.45) is 17.3 Å². The number of aromatic amines is 1. The highest BCUT2D eigenvalue weighted by Gasteiger charge is 2.75. The van der Waals surface area contributed by atoms with Crippen LogP contribution in [0.3, 0.4) is 0 Å². The van der Waals surface area contributed by atoms with Crippen LogP contribution in [-0.2, 0) is 42.7 Å². The first-order valence-electron chi connectivity index (χ1n) is 21.5. The van der Waals surface area contributed by atoms with Gasteiger partial charge < -0.3 is 29.6 Å². The van der Waals surface area contributed by atoms with Gasteiger partial charge in [0.15, 0.2) is 5.60 Å². The molecule has 10 nitrogen and oxygen atoms in total. The molecule has 1 aromatic heterocycles. The first-order chi connectivity index (χ1) is 27.2. The van der Waals surface area contributed by atoms with Crippen LogP contribution >= 0.6 is 0 Å². The third-order valence-electron chi connectivity index (χ3n) is 15.7. The highest BCUT2D eigenvalue weighted by molar-refractivity contribution is 5.94. The van der Waals surface area contributed by atoms with Crippen LogP contribution in [0.2, 0.25) is 0 Å². The van der Waals surface area contributed by atoms with Gasteiger partial charge in [0.25, 0.3) is 0 Å². The summed E-state index contributed by atoms with van der Waals surface area (Å²) in [5, 5.41) is 26.0. The number of anilines is 1. The van der Waals surface area contributed by atoms with Crippen molar-refractivity contribution in [1.29, 1.82) is 0 Å². The summed E-state index contributed by atoms with van der Waals surface area (Å²) in [4.78, 5) is 40.2. The molecule has 3 aromatic rings. The monoisotopic (exact) mass is 778 g/mol. The molecule has 6 aliphatic rings. The highest BCUT2D eigenvalue weighted by atomic mass is 16.5. The van der Waals surface area contributed by atoms with Gasteiger partial charge in [-0.05, 0) is 110 Å². The first kappa shape index (κ1) is 38.8. The number of nitrogens with zero attached hydrogens (tertiary/aromatic N) is 3. The van der Waals surface area contributed by atoms with Crippen LogP contribution in [-0.4, -0.2) is 114 Å². The largest absolute Gasteiger partial charge is 0.468 e. The zero-order valence-electron chi connectivity index (χ0n) is 35.0. The number of aromatic nitrogens is 1. The summed E-state index contributed by atoms with van der Waals surface area (Å²) in [6.45, 7) is 12.6. The molecule has 1 aliphatic carbocycles. The standard InChI is InChI=1S/C47H62N4O6/c1-8-43-16-10-18-51-20-17-45(39(43)51)35-23-32(12-14-37(35)49(5)40(45)47(55,27-43)42(53)57-7)46(41(52)56-6)25-31-24-44(54,9-2)28-50(26-31)19-15-33-34-22-30(21-29(3)4)11-13-36(34)48-38(33)46/h10-14,16,22-23,29,31,39-40,48,54-55H,8-9,15,17-21,24-28H2,1-7H3/t31-,39-,40?,43-,44-,45+,46-,47+/m0/s1. The molecule has 3 N–H and O–H groups in total. The van der Waals surface area contributed by atoms with Gasteiger partial charge in [0.1, 0.15) is 5.41 Å². The van der Waals surface area contributed by atoms with Gasteiger partial charge in [-0.25, -0.2) is 4.79 Å². The molecule has 3 fully saturated rings. The zero-order valence-corrected chi connectivity index (χ0v) is 35.0. The number of likely N-dealkylation sites (N-methyl/N-ethyl adjacent to an activating group) is 1. The molecule has 2 unspecified atom stereocenters. The molecule has 9 rings (SSSR count). The van der Waals surface area contributed by atoms with Crippen molar-refractivity contribution < 1.29 is 29.3 Å². The Labute approximate surface area is 337 Å². The quantitative estimate of drug-likeness (QED) is 0.207. The summed E-state index contributed by atoms with van der Waals surface area (Å²) >= 11 is 0. The Morgan fingerprint density at radius 1 is 0.982 bits per heavy atom. The van der Waals surface area contributed by atoms with Crippen LogP contribution in [0.15, 0.2) is 48.6 Å². The number of H-pyrrole nitrogens is 1. The van der Waals surface area contributed by atoms with E-state index in [-0.39, 0.29) is 24.3 Å². The van der Waals surface area contributed by atoms with Crippen LogP contribution < -0.4 is 4.90 Å². The number of carbonyl (C=O) groups is 2.